The Balaban J connectivity index is 0.000000471. The van der Waals surface area contributed by atoms with Gasteiger partial charge in [0.05, 0.1) is 0 Å². The molecule has 0 saturated carbocycles. The molecule has 0 aliphatic carbocycles. The van der Waals surface area contributed by atoms with E-state index in [9.17, 15) is 20.1 Å². The van der Waals surface area contributed by atoms with Crippen molar-refractivity contribution < 1.29 is 24.8 Å². The zero-order valence-electron chi connectivity index (χ0n) is 13.1. The Bertz CT molecular complexity index is 881. The Morgan fingerprint density at radius 2 is 1.62 bits per heavy atom. The minimum Gasteiger partial charge on any atom is -0.504 e. The summed E-state index contributed by atoms with van der Waals surface area (Å²) in [6.07, 6.45) is 0.875. The fraction of sp³-hybridized carbons (Fsp3) is 0.167. The third-order valence-electron chi connectivity index (χ3n) is 3.23. The summed E-state index contributed by atoms with van der Waals surface area (Å²) in [6.45, 7) is 2.25. The van der Waals surface area contributed by atoms with Crippen LogP contribution in [0.25, 0.3) is 22.3 Å². The molecule has 1 aromatic heterocycles. The first-order valence-corrected chi connectivity index (χ1v) is 7.37. The van der Waals surface area contributed by atoms with E-state index in [-0.39, 0.29) is 11.0 Å². The molecule has 126 valence electrons. The van der Waals surface area contributed by atoms with E-state index in [2.05, 4.69) is 0 Å². The molecule has 0 amide bonds. The smallest absolute Gasteiger partial charge is 0.201 e. The van der Waals surface area contributed by atoms with Gasteiger partial charge < -0.3 is 24.8 Å². The minimum atomic E-state index is -0.739. The molecule has 0 saturated heterocycles. The zero-order valence-corrected chi connectivity index (χ0v) is 13.1. The summed E-state index contributed by atoms with van der Waals surface area (Å²) in [6, 6.07) is 11.3. The van der Waals surface area contributed by atoms with Crippen LogP contribution in [-0.2, 0) is 0 Å². The Labute approximate surface area is 137 Å². The molecular weight excluding hydrogens is 312 g/mol. The average molecular weight is 330 g/mol. The van der Waals surface area contributed by atoms with E-state index in [0.29, 0.717) is 17.9 Å². The van der Waals surface area contributed by atoms with E-state index in [0.717, 1.165) is 12.5 Å². The van der Waals surface area contributed by atoms with Crippen LogP contribution in [0.1, 0.15) is 13.3 Å². The molecule has 6 nitrogen and oxygen atoms in total. The highest BCUT2D eigenvalue weighted by atomic mass is 16.3. The average Bonchev–Trinajstić information content (AvgIpc) is 2.60. The van der Waals surface area contributed by atoms with Gasteiger partial charge in [-0.15, -0.1) is 0 Å². The Hall–Kier alpha value is -2.99. The number of phenols is 3. The van der Waals surface area contributed by atoms with E-state index in [1.54, 1.807) is 24.3 Å². The van der Waals surface area contributed by atoms with Crippen molar-refractivity contribution in [3.8, 4) is 28.6 Å². The lowest BCUT2D eigenvalue weighted by Crippen LogP contribution is -2.00. The summed E-state index contributed by atoms with van der Waals surface area (Å²) >= 11 is 0. The van der Waals surface area contributed by atoms with Crippen molar-refractivity contribution in [1.82, 2.24) is 0 Å². The van der Waals surface area contributed by atoms with E-state index in [4.69, 9.17) is 9.52 Å². The van der Waals surface area contributed by atoms with Crippen LogP contribution >= 0.6 is 0 Å². The SMILES string of the molecule is CCCO.O=c1cc(-c2ccccc2)oc2cc(O)c(O)c(O)c12. The van der Waals surface area contributed by atoms with Crippen molar-refractivity contribution in [2.75, 3.05) is 6.61 Å². The molecule has 0 radical (unpaired) electrons. The van der Waals surface area contributed by atoms with Crippen molar-refractivity contribution in [3.63, 3.8) is 0 Å². The molecule has 0 unspecified atom stereocenters. The second-order valence-corrected chi connectivity index (χ2v) is 5.03. The molecule has 24 heavy (non-hydrogen) atoms. The summed E-state index contributed by atoms with van der Waals surface area (Å²) < 4.78 is 5.51. The van der Waals surface area contributed by atoms with Gasteiger partial charge in [-0.25, -0.2) is 0 Å². The number of hydrogen-bond donors (Lipinski definition) is 4. The van der Waals surface area contributed by atoms with Crippen molar-refractivity contribution in [2.45, 2.75) is 13.3 Å². The van der Waals surface area contributed by atoms with Gasteiger partial charge in [0.1, 0.15) is 16.7 Å². The first-order chi connectivity index (χ1) is 11.5. The molecule has 0 aliphatic rings. The predicted molar refractivity (Wildman–Crippen MR) is 90.3 cm³/mol. The number of aromatic hydroxyl groups is 3. The molecule has 6 heteroatoms. The maximum absolute atomic E-state index is 12.0. The fourth-order valence-corrected chi connectivity index (χ4v) is 2.02. The molecule has 2 aromatic carbocycles. The standard InChI is InChI=1S/C15H10O5.C3H8O/c16-9-6-11(8-4-2-1-3-5-8)20-12-7-10(17)14(18)15(19)13(9)12;1-2-3-4/h1-7,17-19H;4H,2-3H2,1H3. The normalized spacial score (nSPS) is 10.2. The van der Waals surface area contributed by atoms with Gasteiger partial charge in [0.2, 0.25) is 5.75 Å². The van der Waals surface area contributed by atoms with E-state index in [1.807, 2.05) is 13.0 Å². The highest BCUT2D eigenvalue weighted by Gasteiger charge is 2.17. The molecule has 0 fully saturated rings. The lowest BCUT2D eigenvalue weighted by molar-refractivity contribution is 0.295. The van der Waals surface area contributed by atoms with Crippen molar-refractivity contribution in [2.24, 2.45) is 0 Å². The van der Waals surface area contributed by atoms with E-state index in [1.165, 1.54) is 6.07 Å². The van der Waals surface area contributed by atoms with Crippen molar-refractivity contribution >= 4 is 11.0 Å². The monoisotopic (exact) mass is 330 g/mol. The largest absolute Gasteiger partial charge is 0.504 e. The van der Waals surface area contributed by atoms with Gasteiger partial charge in [-0.1, -0.05) is 37.3 Å². The van der Waals surface area contributed by atoms with Crippen LogP contribution < -0.4 is 5.43 Å². The van der Waals surface area contributed by atoms with Crippen molar-refractivity contribution in [3.05, 3.63) is 52.7 Å². The van der Waals surface area contributed by atoms with Gasteiger partial charge >= 0.3 is 0 Å². The van der Waals surface area contributed by atoms with Crippen LogP contribution in [0.5, 0.6) is 17.2 Å². The zero-order chi connectivity index (χ0) is 17.7. The third-order valence-corrected chi connectivity index (χ3v) is 3.23. The number of aliphatic hydroxyl groups excluding tert-OH is 1. The topological polar surface area (TPSA) is 111 Å². The maximum Gasteiger partial charge on any atom is 0.201 e. The minimum absolute atomic E-state index is 0.00385. The molecule has 0 atom stereocenters. The molecule has 3 rings (SSSR count). The van der Waals surface area contributed by atoms with Crippen LogP contribution in [0.3, 0.4) is 0 Å². The van der Waals surface area contributed by atoms with Crippen molar-refractivity contribution in [1.29, 1.82) is 0 Å². The Morgan fingerprint density at radius 3 is 2.21 bits per heavy atom. The maximum atomic E-state index is 12.0. The van der Waals surface area contributed by atoms with E-state index < -0.39 is 22.7 Å². The third kappa shape index (κ3) is 3.49. The Kier molecular flexibility index (Phi) is 5.44. The van der Waals surface area contributed by atoms with E-state index >= 15 is 0 Å². The molecule has 0 aliphatic heterocycles. The predicted octanol–water partition coefficient (Wildman–Crippen LogP) is 2.97. The van der Waals surface area contributed by atoms with Crippen LogP contribution in [0.4, 0.5) is 0 Å². The number of aliphatic hydroxyl groups is 1. The molecule has 1 heterocycles. The summed E-state index contributed by atoms with van der Waals surface area (Å²) in [5.74, 6) is -1.67. The summed E-state index contributed by atoms with van der Waals surface area (Å²) in [4.78, 5) is 12.0. The number of hydrogen-bond acceptors (Lipinski definition) is 6. The second-order valence-electron chi connectivity index (χ2n) is 5.03. The number of phenolic OH excluding ortho intramolecular Hbond substituents is 3. The summed E-state index contributed by atoms with van der Waals surface area (Å²) in [7, 11) is 0. The summed E-state index contributed by atoms with van der Waals surface area (Å²) in [5, 5.41) is 36.3. The molecule has 3 aromatic rings. The molecule has 0 spiro atoms. The number of fused-ring (bicyclic) bond motifs is 1. The highest BCUT2D eigenvalue weighted by molar-refractivity contribution is 5.89. The van der Waals surface area contributed by atoms with Gasteiger partial charge in [-0.3, -0.25) is 4.79 Å². The molecular formula is C18H18O6. The summed E-state index contributed by atoms with van der Waals surface area (Å²) in [5.41, 5.74) is 0.195. The molecule has 0 bridgehead atoms. The van der Waals surface area contributed by atoms with Gasteiger partial charge in [0, 0.05) is 24.3 Å². The lowest BCUT2D eigenvalue weighted by atomic mass is 10.1. The van der Waals surface area contributed by atoms with Crippen LogP contribution in [-0.4, -0.2) is 27.0 Å². The lowest BCUT2D eigenvalue weighted by Gasteiger charge is -2.06. The number of benzene rings is 2. The van der Waals surface area contributed by atoms with Crippen LogP contribution in [0.2, 0.25) is 0 Å². The van der Waals surface area contributed by atoms with Crippen LogP contribution in [0.15, 0.2) is 51.7 Å². The Morgan fingerprint density at radius 1 is 1.00 bits per heavy atom. The van der Waals surface area contributed by atoms with Gasteiger partial charge in [-0.2, -0.15) is 0 Å². The van der Waals surface area contributed by atoms with Crippen LogP contribution in [0, 0.1) is 0 Å². The first kappa shape index (κ1) is 17.4. The first-order valence-electron chi connectivity index (χ1n) is 7.37. The fourth-order valence-electron chi connectivity index (χ4n) is 2.02. The van der Waals surface area contributed by atoms with Gasteiger partial charge in [-0.05, 0) is 6.42 Å². The van der Waals surface area contributed by atoms with Gasteiger partial charge in [0.25, 0.3) is 0 Å². The number of rotatable bonds is 2. The van der Waals surface area contributed by atoms with Gasteiger partial charge in [0.15, 0.2) is 16.9 Å². The quantitative estimate of drug-likeness (QED) is 0.538. The molecule has 4 N–H and O–H groups in total. The highest BCUT2D eigenvalue weighted by Crippen LogP contribution is 2.40. The second kappa shape index (κ2) is 7.52.